The molecule has 0 saturated heterocycles. The number of benzene rings is 1. The molecule has 2 rings (SSSR count). The summed E-state index contributed by atoms with van der Waals surface area (Å²) in [4.78, 5) is 15.1. The lowest BCUT2D eigenvalue weighted by Crippen LogP contribution is -2.18. The van der Waals surface area contributed by atoms with Gasteiger partial charge in [-0.05, 0) is 18.2 Å². The first-order valence-electron chi connectivity index (χ1n) is 5.76. The zero-order valence-electron chi connectivity index (χ0n) is 10.9. The molecule has 0 aliphatic rings. The van der Waals surface area contributed by atoms with Gasteiger partial charge in [0, 0.05) is 10.4 Å². The molecule has 6 heteroatoms. The summed E-state index contributed by atoms with van der Waals surface area (Å²) in [6.45, 7) is 5.84. The van der Waals surface area contributed by atoms with E-state index in [9.17, 15) is 4.79 Å². The van der Waals surface area contributed by atoms with Crippen LogP contribution in [-0.2, 0) is 5.41 Å². The molecule has 0 bridgehead atoms. The van der Waals surface area contributed by atoms with E-state index in [0.717, 1.165) is 0 Å². The third kappa shape index (κ3) is 2.76. The number of hydrogen-bond donors (Lipinski definition) is 1. The Morgan fingerprint density at radius 3 is 2.58 bits per heavy atom. The molecule has 0 amide bonds. The highest BCUT2D eigenvalue weighted by Crippen LogP contribution is 2.24. The summed E-state index contributed by atoms with van der Waals surface area (Å²) in [5.74, 6) is -0.789. The topological polar surface area (TPSA) is 68.0 Å². The van der Waals surface area contributed by atoms with E-state index < -0.39 is 5.97 Å². The maximum absolute atomic E-state index is 11.0. The SMILES string of the molecule is CC(C)(C)c1nc(C(=O)O)nn1-c1cccc(Cl)c1. The molecule has 1 aromatic heterocycles. The molecule has 0 atom stereocenters. The largest absolute Gasteiger partial charge is 0.475 e. The van der Waals surface area contributed by atoms with Crippen molar-refractivity contribution in [1.29, 1.82) is 0 Å². The van der Waals surface area contributed by atoms with Gasteiger partial charge in [-0.3, -0.25) is 0 Å². The molecule has 0 fully saturated rings. The summed E-state index contributed by atoms with van der Waals surface area (Å²) in [7, 11) is 0. The normalized spacial score (nSPS) is 11.6. The fraction of sp³-hybridized carbons (Fsp3) is 0.308. The van der Waals surface area contributed by atoms with Crippen LogP contribution in [0.1, 0.15) is 37.2 Å². The van der Waals surface area contributed by atoms with E-state index in [2.05, 4.69) is 10.1 Å². The van der Waals surface area contributed by atoms with Gasteiger partial charge < -0.3 is 5.11 Å². The van der Waals surface area contributed by atoms with Crippen LogP contribution in [0.5, 0.6) is 0 Å². The standard InChI is InChI=1S/C13H14ClN3O2/c1-13(2,3)12-15-10(11(18)19)16-17(12)9-6-4-5-8(14)7-9/h4-7H,1-3H3,(H,18,19). The quantitative estimate of drug-likeness (QED) is 0.918. The molecular weight excluding hydrogens is 266 g/mol. The summed E-state index contributed by atoms with van der Waals surface area (Å²) in [6, 6.07) is 7.06. The van der Waals surface area contributed by atoms with Crippen LogP contribution in [0.2, 0.25) is 5.02 Å². The zero-order chi connectivity index (χ0) is 14.2. The summed E-state index contributed by atoms with van der Waals surface area (Å²) >= 11 is 5.95. The first-order chi connectivity index (χ1) is 8.79. The van der Waals surface area contributed by atoms with Crippen molar-refractivity contribution in [3.63, 3.8) is 0 Å². The van der Waals surface area contributed by atoms with Gasteiger partial charge in [-0.2, -0.15) is 0 Å². The van der Waals surface area contributed by atoms with E-state index >= 15 is 0 Å². The van der Waals surface area contributed by atoms with Gasteiger partial charge in [0.25, 0.3) is 5.82 Å². The Hall–Kier alpha value is -1.88. The minimum Gasteiger partial charge on any atom is -0.475 e. The third-order valence-corrected chi connectivity index (χ3v) is 2.76. The molecule has 5 nitrogen and oxygen atoms in total. The van der Waals surface area contributed by atoms with E-state index in [-0.39, 0.29) is 11.2 Å². The Morgan fingerprint density at radius 1 is 1.37 bits per heavy atom. The number of aromatic carboxylic acids is 1. The highest BCUT2D eigenvalue weighted by atomic mass is 35.5. The molecule has 0 aliphatic carbocycles. The zero-order valence-corrected chi connectivity index (χ0v) is 11.6. The molecule has 2 aromatic rings. The second-order valence-corrected chi connectivity index (χ2v) is 5.64. The smallest absolute Gasteiger partial charge is 0.375 e. The van der Waals surface area contributed by atoms with Crippen molar-refractivity contribution in [3.8, 4) is 5.69 Å². The van der Waals surface area contributed by atoms with Crippen molar-refractivity contribution in [2.24, 2.45) is 0 Å². The number of rotatable bonds is 2. The second-order valence-electron chi connectivity index (χ2n) is 5.21. The van der Waals surface area contributed by atoms with Gasteiger partial charge >= 0.3 is 5.97 Å². The first-order valence-corrected chi connectivity index (χ1v) is 6.13. The Balaban J connectivity index is 2.64. The van der Waals surface area contributed by atoms with Gasteiger partial charge in [-0.15, -0.1) is 5.10 Å². The number of carboxylic acids is 1. The van der Waals surface area contributed by atoms with Crippen molar-refractivity contribution < 1.29 is 9.90 Å². The maximum atomic E-state index is 11.0. The molecule has 0 radical (unpaired) electrons. The Labute approximate surface area is 115 Å². The van der Waals surface area contributed by atoms with Crippen molar-refractivity contribution in [3.05, 3.63) is 40.9 Å². The maximum Gasteiger partial charge on any atom is 0.375 e. The molecule has 1 aromatic carbocycles. The summed E-state index contributed by atoms with van der Waals surface area (Å²) in [5.41, 5.74) is 0.362. The molecule has 19 heavy (non-hydrogen) atoms. The minimum atomic E-state index is -1.15. The highest BCUT2D eigenvalue weighted by molar-refractivity contribution is 6.30. The molecular formula is C13H14ClN3O2. The van der Waals surface area contributed by atoms with Gasteiger partial charge in [0.05, 0.1) is 5.69 Å². The Bertz CT molecular complexity index is 629. The van der Waals surface area contributed by atoms with Crippen LogP contribution in [0, 0.1) is 0 Å². The number of aromatic nitrogens is 3. The molecule has 0 saturated carbocycles. The fourth-order valence-electron chi connectivity index (χ4n) is 1.68. The highest BCUT2D eigenvalue weighted by Gasteiger charge is 2.25. The van der Waals surface area contributed by atoms with Crippen LogP contribution >= 0.6 is 11.6 Å². The van der Waals surface area contributed by atoms with Gasteiger partial charge in [0.15, 0.2) is 0 Å². The number of hydrogen-bond acceptors (Lipinski definition) is 3. The second kappa shape index (κ2) is 4.66. The van der Waals surface area contributed by atoms with Gasteiger partial charge in [-0.1, -0.05) is 38.4 Å². The van der Waals surface area contributed by atoms with Crippen LogP contribution in [0.25, 0.3) is 5.69 Å². The molecule has 100 valence electrons. The van der Waals surface area contributed by atoms with Crippen LogP contribution < -0.4 is 0 Å². The Kier molecular flexibility index (Phi) is 3.32. The molecule has 1 heterocycles. The monoisotopic (exact) mass is 279 g/mol. The average molecular weight is 280 g/mol. The molecule has 0 spiro atoms. The fourth-order valence-corrected chi connectivity index (χ4v) is 1.86. The van der Waals surface area contributed by atoms with Crippen molar-refractivity contribution in [1.82, 2.24) is 14.8 Å². The van der Waals surface area contributed by atoms with Gasteiger partial charge in [-0.25, -0.2) is 14.5 Å². The number of halogens is 1. The first kappa shape index (κ1) is 13.5. The number of nitrogens with zero attached hydrogens (tertiary/aromatic N) is 3. The van der Waals surface area contributed by atoms with Crippen LogP contribution in [0.3, 0.4) is 0 Å². The molecule has 1 N–H and O–H groups in total. The lowest BCUT2D eigenvalue weighted by atomic mass is 9.95. The average Bonchev–Trinajstić information content (AvgIpc) is 2.73. The van der Waals surface area contributed by atoms with Crippen molar-refractivity contribution >= 4 is 17.6 Å². The Morgan fingerprint density at radius 2 is 2.05 bits per heavy atom. The van der Waals surface area contributed by atoms with Crippen molar-refractivity contribution in [2.45, 2.75) is 26.2 Å². The van der Waals surface area contributed by atoms with Crippen LogP contribution in [0.4, 0.5) is 0 Å². The summed E-state index contributed by atoms with van der Waals surface area (Å²) in [5, 5.41) is 13.6. The van der Waals surface area contributed by atoms with Gasteiger partial charge in [0.2, 0.25) is 0 Å². The van der Waals surface area contributed by atoms with E-state index in [1.165, 1.54) is 4.68 Å². The summed E-state index contributed by atoms with van der Waals surface area (Å²) in [6.07, 6.45) is 0. The lowest BCUT2D eigenvalue weighted by molar-refractivity contribution is 0.0683. The van der Waals surface area contributed by atoms with E-state index in [1.807, 2.05) is 20.8 Å². The molecule has 0 unspecified atom stereocenters. The predicted octanol–water partition coefficient (Wildman–Crippen LogP) is 2.92. The number of carboxylic acid groups (broad SMARTS) is 1. The van der Waals surface area contributed by atoms with Crippen molar-refractivity contribution in [2.75, 3.05) is 0 Å². The predicted molar refractivity (Wildman–Crippen MR) is 72.0 cm³/mol. The number of carbonyl (C=O) groups is 1. The lowest BCUT2D eigenvalue weighted by Gasteiger charge is -2.18. The van der Waals surface area contributed by atoms with E-state index in [4.69, 9.17) is 16.7 Å². The van der Waals surface area contributed by atoms with Crippen LogP contribution in [-0.4, -0.2) is 25.8 Å². The van der Waals surface area contributed by atoms with Crippen LogP contribution in [0.15, 0.2) is 24.3 Å². The van der Waals surface area contributed by atoms with E-state index in [1.54, 1.807) is 24.3 Å². The minimum absolute atomic E-state index is 0.218. The van der Waals surface area contributed by atoms with E-state index in [0.29, 0.717) is 16.5 Å². The third-order valence-electron chi connectivity index (χ3n) is 2.52. The van der Waals surface area contributed by atoms with Gasteiger partial charge in [0.1, 0.15) is 5.82 Å². The molecule has 0 aliphatic heterocycles. The summed E-state index contributed by atoms with van der Waals surface area (Å²) < 4.78 is 1.52.